The summed E-state index contributed by atoms with van der Waals surface area (Å²) in [7, 11) is 0. The number of aromatic nitrogens is 2. The summed E-state index contributed by atoms with van der Waals surface area (Å²) in [5, 5.41) is 0. The zero-order chi connectivity index (χ0) is 24.6. The molecule has 0 radical (unpaired) electrons. The molecular formula is C30H42N2O2. The van der Waals surface area contributed by atoms with Crippen molar-refractivity contribution in [2.24, 2.45) is 5.92 Å². The lowest BCUT2D eigenvalue weighted by Gasteiger charge is -2.49. The number of rotatable bonds is 6. The van der Waals surface area contributed by atoms with Gasteiger partial charge in [-0.3, -0.25) is 0 Å². The fourth-order valence-electron chi connectivity index (χ4n) is 5.94. The van der Waals surface area contributed by atoms with Gasteiger partial charge in [0, 0.05) is 28.7 Å². The Kier molecular flexibility index (Phi) is 7.12. The second-order valence-electron chi connectivity index (χ2n) is 11.2. The van der Waals surface area contributed by atoms with E-state index in [0.717, 1.165) is 6.42 Å². The predicted molar refractivity (Wildman–Crippen MR) is 139 cm³/mol. The molecule has 3 aromatic rings. The van der Waals surface area contributed by atoms with E-state index in [1.54, 1.807) is 0 Å². The van der Waals surface area contributed by atoms with Crippen LogP contribution in [0, 0.1) is 33.6 Å². The van der Waals surface area contributed by atoms with Crippen molar-refractivity contribution in [1.29, 1.82) is 0 Å². The van der Waals surface area contributed by atoms with E-state index >= 15 is 0 Å². The summed E-state index contributed by atoms with van der Waals surface area (Å²) in [6.45, 7) is 18.3. The van der Waals surface area contributed by atoms with E-state index in [1.165, 1.54) is 28.3 Å². The minimum atomic E-state index is -0.234. The molecule has 34 heavy (non-hydrogen) atoms. The molecule has 0 spiro atoms. The van der Waals surface area contributed by atoms with Gasteiger partial charge in [-0.05, 0) is 84.7 Å². The monoisotopic (exact) mass is 462 g/mol. The maximum Gasteiger partial charge on any atom is 0.0840 e. The second-order valence-corrected chi connectivity index (χ2v) is 11.2. The first kappa shape index (κ1) is 24.8. The minimum absolute atomic E-state index is 0.0461. The molecule has 5 unspecified atom stereocenters. The quantitative estimate of drug-likeness (QED) is 0.390. The van der Waals surface area contributed by atoms with Crippen LogP contribution in [0.2, 0.25) is 0 Å². The van der Waals surface area contributed by atoms with Gasteiger partial charge in [-0.1, -0.05) is 37.3 Å². The Morgan fingerprint density at radius 2 is 1.21 bits per heavy atom. The predicted octanol–water partition coefficient (Wildman–Crippen LogP) is 7.11. The van der Waals surface area contributed by atoms with Gasteiger partial charge in [0.1, 0.15) is 0 Å². The van der Waals surface area contributed by atoms with Crippen molar-refractivity contribution in [1.82, 2.24) is 9.13 Å². The largest absolute Gasteiger partial charge is 0.371 e. The zero-order valence-corrected chi connectivity index (χ0v) is 22.2. The number of hydrogen-bond donors (Lipinski definition) is 0. The lowest BCUT2D eigenvalue weighted by atomic mass is 9.77. The molecule has 1 fully saturated rings. The third kappa shape index (κ3) is 5.04. The summed E-state index contributed by atoms with van der Waals surface area (Å²) in [6.07, 6.45) is 1.07. The Balaban J connectivity index is 1.77. The molecule has 1 aromatic carbocycles. The highest BCUT2D eigenvalue weighted by Gasteiger charge is 2.47. The standard InChI is InChI=1S/C30H42N2O2/c1-20-14-15-21(2)31(20)26-18-27(32-22(3)16-17-23(32)4)29(34-30(6,7)8)24(5)28(26)33-19-25-12-10-9-11-13-25/h9-17,24,26-29H,18-19H2,1-8H3. The highest BCUT2D eigenvalue weighted by molar-refractivity contribution is 5.20. The van der Waals surface area contributed by atoms with Crippen LogP contribution in [-0.2, 0) is 16.1 Å². The average Bonchev–Trinajstić information content (AvgIpc) is 3.29. The maximum atomic E-state index is 6.84. The minimum Gasteiger partial charge on any atom is -0.371 e. The maximum absolute atomic E-state index is 6.84. The second kappa shape index (κ2) is 9.75. The van der Waals surface area contributed by atoms with Gasteiger partial charge in [-0.25, -0.2) is 0 Å². The number of ether oxygens (including phenoxy) is 2. The molecule has 1 saturated carbocycles. The van der Waals surface area contributed by atoms with Gasteiger partial charge < -0.3 is 18.6 Å². The summed E-state index contributed by atoms with van der Waals surface area (Å²) in [4.78, 5) is 0. The van der Waals surface area contributed by atoms with Gasteiger partial charge in [0.05, 0.1) is 36.5 Å². The first-order valence-corrected chi connectivity index (χ1v) is 12.7. The first-order chi connectivity index (χ1) is 16.1. The van der Waals surface area contributed by atoms with Gasteiger partial charge in [0.25, 0.3) is 0 Å². The van der Waals surface area contributed by atoms with Crippen molar-refractivity contribution in [3.63, 3.8) is 0 Å². The van der Waals surface area contributed by atoms with Crippen LogP contribution in [0.25, 0.3) is 0 Å². The Morgan fingerprint density at radius 3 is 1.68 bits per heavy atom. The Labute approximate surface area is 205 Å². The Bertz CT molecular complexity index is 1050. The molecule has 184 valence electrons. The lowest BCUT2D eigenvalue weighted by molar-refractivity contribution is -0.169. The van der Waals surface area contributed by atoms with Crippen molar-refractivity contribution < 1.29 is 9.47 Å². The van der Waals surface area contributed by atoms with Gasteiger partial charge in [-0.15, -0.1) is 0 Å². The molecule has 4 rings (SSSR count). The highest BCUT2D eigenvalue weighted by atomic mass is 16.5. The zero-order valence-electron chi connectivity index (χ0n) is 22.2. The smallest absolute Gasteiger partial charge is 0.0840 e. The molecule has 4 nitrogen and oxygen atoms in total. The van der Waals surface area contributed by atoms with Crippen molar-refractivity contribution in [3.05, 3.63) is 82.9 Å². The van der Waals surface area contributed by atoms with Crippen LogP contribution in [0.4, 0.5) is 0 Å². The highest BCUT2D eigenvalue weighted by Crippen LogP contribution is 2.46. The molecule has 5 atom stereocenters. The summed E-state index contributed by atoms with van der Waals surface area (Å²) in [5.74, 6) is 0.217. The molecule has 2 heterocycles. The van der Waals surface area contributed by atoms with Gasteiger partial charge in [-0.2, -0.15) is 0 Å². The molecule has 0 bridgehead atoms. The third-order valence-electron chi connectivity index (χ3n) is 7.37. The lowest BCUT2D eigenvalue weighted by Crippen LogP contribution is -2.52. The molecule has 0 aliphatic heterocycles. The van der Waals surface area contributed by atoms with Crippen molar-refractivity contribution in [3.8, 4) is 0 Å². The molecular weight excluding hydrogens is 420 g/mol. The van der Waals surface area contributed by atoms with E-state index in [0.29, 0.717) is 6.61 Å². The van der Waals surface area contributed by atoms with Gasteiger partial charge >= 0.3 is 0 Å². The van der Waals surface area contributed by atoms with Crippen LogP contribution in [0.3, 0.4) is 0 Å². The number of nitrogens with zero attached hydrogens (tertiary/aromatic N) is 2. The number of hydrogen-bond acceptors (Lipinski definition) is 2. The third-order valence-corrected chi connectivity index (χ3v) is 7.37. The van der Waals surface area contributed by atoms with E-state index in [9.17, 15) is 0 Å². The molecule has 2 aromatic heterocycles. The molecule has 1 aliphatic rings. The normalized spacial score (nSPS) is 25.6. The average molecular weight is 463 g/mol. The van der Waals surface area contributed by atoms with E-state index in [4.69, 9.17) is 9.47 Å². The topological polar surface area (TPSA) is 28.3 Å². The molecule has 0 saturated heterocycles. The summed E-state index contributed by atoms with van der Waals surface area (Å²) >= 11 is 0. The van der Waals surface area contributed by atoms with Gasteiger partial charge in [0.2, 0.25) is 0 Å². The summed E-state index contributed by atoms with van der Waals surface area (Å²) in [6, 6.07) is 19.9. The van der Waals surface area contributed by atoms with E-state index in [-0.39, 0.29) is 35.8 Å². The number of benzene rings is 1. The van der Waals surface area contributed by atoms with Crippen LogP contribution in [-0.4, -0.2) is 26.9 Å². The molecule has 0 N–H and O–H groups in total. The summed E-state index contributed by atoms with van der Waals surface area (Å²) < 4.78 is 18.6. The SMILES string of the molecule is Cc1ccc(C)n1C1CC(n2c(C)ccc2C)C(OC(C)(C)C)C(C)C1OCc1ccccc1. The summed E-state index contributed by atoms with van der Waals surface area (Å²) in [5.41, 5.74) is 6.14. The van der Waals surface area contributed by atoms with E-state index in [1.807, 2.05) is 0 Å². The Morgan fingerprint density at radius 1 is 0.735 bits per heavy atom. The van der Waals surface area contributed by atoms with Crippen LogP contribution in [0.15, 0.2) is 54.6 Å². The van der Waals surface area contributed by atoms with Crippen molar-refractivity contribution in [2.45, 2.75) is 98.3 Å². The molecule has 1 aliphatic carbocycles. The van der Waals surface area contributed by atoms with Crippen LogP contribution in [0.5, 0.6) is 0 Å². The fraction of sp³-hybridized carbons (Fsp3) is 0.533. The van der Waals surface area contributed by atoms with Crippen LogP contribution in [0.1, 0.15) is 74.5 Å². The van der Waals surface area contributed by atoms with E-state index in [2.05, 4.69) is 119 Å². The van der Waals surface area contributed by atoms with Crippen LogP contribution < -0.4 is 0 Å². The molecule has 4 heteroatoms. The fourth-order valence-corrected chi connectivity index (χ4v) is 5.94. The molecule has 0 amide bonds. The van der Waals surface area contributed by atoms with Crippen molar-refractivity contribution in [2.75, 3.05) is 0 Å². The number of aryl methyl sites for hydroxylation is 4. The van der Waals surface area contributed by atoms with Gasteiger partial charge in [0.15, 0.2) is 0 Å². The van der Waals surface area contributed by atoms with Crippen molar-refractivity contribution >= 4 is 0 Å². The van der Waals surface area contributed by atoms with Crippen LogP contribution >= 0.6 is 0 Å². The van der Waals surface area contributed by atoms with E-state index < -0.39 is 0 Å². The Hall–Kier alpha value is -2.30. The first-order valence-electron chi connectivity index (χ1n) is 12.7.